The molecule has 0 saturated carbocycles. The Morgan fingerprint density at radius 2 is 1.09 bits per heavy atom. The molecular formula is C24H30N4O6S. The van der Waals surface area contributed by atoms with Crippen molar-refractivity contribution in [3.63, 3.8) is 0 Å². The van der Waals surface area contributed by atoms with Crippen LogP contribution < -0.4 is 29.8 Å². The average molecular weight is 503 g/mol. The van der Waals surface area contributed by atoms with Crippen molar-refractivity contribution in [2.75, 3.05) is 28.4 Å². The molecule has 0 saturated heterocycles. The fraction of sp³-hybridized carbons (Fsp3) is 0.333. The minimum absolute atomic E-state index is 0.333. The summed E-state index contributed by atoms with van der Waals surface area (Å²) in [7, 11) is 6.18. The van der Waals surface area contributed by atoms with E-state index in [0.29, 0.717) is 23.0 Å². The quantitative estimate of drug-likeness (QED) is 0.338. The third-order valence-corrected chi connectivity index (χ3v) is 5.98. The lowest BCUT2D eigenvalue weighted by Crippen LogP contribution is -2.33. The molecule has 35 heavy (non-hydrogen) atoms. The van der Waals surface area contributed by atoms with Gasteiger partial charge in [0.1, 0.15) is 0 Å². The maximum Gasteiger partial charge on any atom is 0.252 e. The molecule has 0 aliphatic carbocycles. The summed E-state index contributed by atoms with van der Waals surface area (Å²) >= 11 is 1.19. The van der Waals surface area contributed by atoms with E-state index in [1.54, 1.807) is 64.5 Å². The molecule has 10 nitrogen and oxygen atoms in total. The highest BCUT2D eigenvalue weighted by atomic mass is 32.2. The van der Waals surface area contributed by atoms with Crippen LogP contribution in [0, 0.1) is 0 Å². The number of hydrazone groups is 2. The van der Waals surface area contributed by atoms with Gasteiger partial charge in [0.25, 0.3) is 11.8 Å². The maximum absolute atomic E-state index is 12.4. The maximum atomic E-state index is 12.4. The number of nitrogens with zero attached hydrogens (tertiary/aromatic N) is 2. The van der Waals surface area contributed by atoms with Gasteiger partial charge in [0.2, 0.25) is 0 Å². The summed E-state index contributed by atoms with van der Waals surface area (Å²) in [6.07, 6.45) is 2.99. The molecule has 2 N–H and O–H groups in total. The molecule has 0 unspecified atom stereocenters. The number of hydrogen-bond donors (Lipinski definition) is 2. The van der Waals surface area contributed by atoms with Gasteiger partial charge in [-0.2, -0.15) is 10.2 Å². The van der Waals surface area contributed by atoms with Crippen LogP contribution in [0.25, 0.3) is 0 Å². The van der Waals surface area contributed by atoms with Crippen molar-refractivity contribution in [2.45, 2.75) is 24.3 Å². The Labute approximate surface area is 209 Å². The fourth-order valence-corrected chi connectivity index (χ4v) is 3.78. The first-order valence-corrected chi connectivity index (χ1v) is 11.5. The summed E-state index contributed by atoms with van der Waals surface area (Å²) in [6.45, 7) is 3.39. The van der Waals surface area contributed by atoms with Crippen LogP contribution in [-0.2, 0) is 9.59 Å². The number of rotatable bonds is 12. The topological polar surface area (TPSA) is 120 Å². The Kier molecular flexibility index (Phi) is 10.9. The summed E-state index contributed by atoms with van der Waals surface area (Å²) in [5, 5.41) is 6.92. The molecule has 0 fully saturated rings. The summed E-state index contributed by atoms with van der Waals surface area (Å²) in [5.41, 5.74) is 6.41. The molecule has 0 aromatic heterocycles. The first kappa shape index (κ1) is 27.5. The van der Waals surface area contributed by atoms with Crippen LogP contribution in [0.2, 0.25) is 0 Å². The summed E-state index contributed by atoms with van der Waals surface area (Å²) in [5.74, 6) is 1.64. The van der Waals surface area contributed by atoms with Gasteiger partial charge in [-0.05, 0) is 61.4 Å². The molecule has 0 radical (unpaired) electrons. The van der Waals surface area contributed by atoms with Crippen molar-refractivity contribution in [2.24, 2.45) is 10.2 Å². The van der Waals surface area contributed by atoms with Crippen LogP contribution >= 0.6 is 11.8 Å². The smallest absolute Gasteiger partial charge is 0.252 e. The van der Waals surface area contributed by atoms with E-state index in [1.807, 2.05) is 0 Å². The summed E-state index contributed by atoms with van der Waals surface area (Å²) in [4.78, 5) is 24.7. The number of ether oxygens (including phenoxy) is 4. The predicted octanol–water partition coefficient (Wildman–Crippen LogP) is 2.83. The number of nitrogens with one attached hydrogen (secondary N) is 2. The molecule has 188 valence electrons. The lowest BCUT2D eigenvalue weighted by atomic mass is 10.2. The molecule has 0 heterocycles. The average Bonchev–Trinajstić information content (AvgIpc) is 2.87. The minimum Gasteiger partial charge on any atom is -0.493 e. The number of thioether (sulfide) groups is 1. The van der Waals surface area contributed by atoms with Gasteiger partial charge in [-0.25, -0.2) is 10.9 Å². The highest BCUT2D eigenvalue weighted by Gasteiger charge is 2.21. The minimum atomic E-state index is -0.520. The Morgan fingerprint density at radius 3 is 1.43 bits per heavy atom. The van der Waals surface area contributed by atoms with Gasteiger partial charge >= 0.3 is 0 Å². The van der Waals surface area contributed by atoms with Gasteiger partial charge in [-0.1, -0.05) is 0 Å². The van der Waals surface area contributed by atoms with E-state index in [1.165, 1.54) is 38.4 Å². The van der Waals surface area contributed by atoms with Gasteiger partial charge in [-0.15, -0.1) is 11.8 Å². The largest absolute Gasteiger partial charge is 0.493 e. The molecule has 11 heteroatoms. The van der Waals surface area contributed by atoms with E-state index in [4.69, 9.17) is 18.9 Å². The standard InChI is InChI=1S/C24H30N4O6S/c1-15(23(29)27-25-13-17-7-9-19(31-3)21(11-17)33-5)35-16(2)24(30)28-26-14-18-8-10-20(32-4)22(12-18)34-6/h7-16H,1-6H3,(H,27,29)(H,28,30)/b25-13+,26-14+/t15-,16-/m0/s1. The molecule has 2 atom stereocenters. The van der Waals surface area contributed by atoms with Gasteiger partial charge in [0.05, 0.1) is 51.4 Å². The van der Waals surface area contributed by atoms with Crippen molar-refractivity contribution in [1.82, 2.24) is 10.9 Å². The summed E-state index contributed by atoms with van der Waals surface area (Å²) in [6, 6.07) is 10.5. The number of amides is 2. The number of carbonyl (C=O) groups excluding carboxylic acids is 2. The first-order valence-electron chi connectivity index (χ1n) is 10.6. The van der Waals surface area contributed by atoms with Gasteiger partial charge < -0.3 is 18.9 Å². The van der Waals surface area contributed by atoms with Crippen molar-refractivity contribution in [1.29, 1.82) is 0 Å². The van der Waals surface area contributed by atoms with Gasteiger partial charge in [0, 0.05) is 0 Å². The second kappa shape index (κ2) is 13.9. The highest BCUT2D eigenvalue weighted by molar-refractivity contribution is 8.01. The van der Waals surface area contributed by atoms with E-state index >= 15 is 0 Å². The van der Waals surface area contributed by atoms with Gasteiger partial charge in [-0.3, -0.25) is 9.59 Å². The Balaban J connectivity index is 1.84. The zero-order valence-corrected chi connectivity index (χ0v) is 21.3. The molecule has 0 bridgehead atoms. The zero-order chi connectivity index (χ0) is 25.8. The fourth-order valence-electron chi connectivity index (χ4n) is 2.82. The third-order valence-electron chi connectivity index (χ3n) is 4.74. The number of hydrogen-bond acceptors (Lipinski definition) is 9. The van der Waals surface area contributed by atoms with Crippen LogP contribution in [0.4, 0.5) is 0 Å². The molecule has 2 amide bonds. The molecule has 2 rings (SSSR count). The van der Waals surface area contributed by atoms with E-state index in [9.17, 15) is 9.59 Å². The molecule has 2 aromatic carbocycles. The Hall–Kier alpha value is -3.73. The van der Waals surface area contributed by atoms with E-state index in [0.717, 1.165) is 11.1 Å². The Morgan fingerprint density at radius 1 is 0.714 bits per heavy atom. The number of benzene rings is 2. The second-order valence-corrected chi connectivity index (χ2v) is 8.80. The van der Waals surface area contributed by atoms with Crippen LogP contribution in [0.1, 0.15) is 25.0 Å². The highest BCUT2D eigenvalue weighted by Crippen LogP contribution is 2.27. The van der Waals surface area contributed by atoms with Crippen LogP contribution in [0.15, 0.2) is 46.6 Å². The lowest BCUT2D eigenvalue weighted by molar-refractivity contribution is -0.120. The van der Waals surface area contributed by atoms with Crippen LogP contribution in [0.3, 0.4) is 0 Å². The molecule has 0 spiro atoms. The number of carbonyl (C=O) groups is 2. The molecular weight excluding hydrogens is 472 g/mol. The Bertz CT molecular complexity index is 992. The van der Waals surface area contributed by atoms with Crippen LogP contribution in [0.5, 0.6) is 23.0 Å². The first-order chi connectivity index (χ1) is 16.8. The van der Waals surface area contributed by atoms with Crippen molar-refractivity contribution < 1.29 is 28.5 Å². The molecule has 0 aliphatic rings. The lowest BCUT2D eigenvalue weighted by Gasteiger charge is -2.14. The van der Waals surface area contributed by atoms with Crippen molar-refractivity contribution in [3.05, 3.63) is 47.5 Å². The monoisotopic (exact) mass is 502 g/mol. The molecule has 0 aliphatic heterocycles. The van der Waals surface area contributed by atoms with E-state index in [-0.39, 0.29) is 11.8 Å². The van der Waals surface area contributed by atoms with E-state index < -0.39 is 10.5 Å². The zero-order valence-electron chi connectivity index (χ0n) is 20.5. The third kappa shape index (κ3) is 8.21. The van der Waals surface area contributed by atoms with E-state index in [2.05, 4.69) is 21.1 Å². The number of methoxy groups -OCH3 is 4. The predicted molar refractivity (Wildman–Crippen MR) is 137 cm³/mol. The second-order valence-electron chi connectivity index (χ2n) is 7.12. The summed E-state index contributed by atoms with van der Waals surface area (Å²) < 4.78 is 20.9. The van der Waals surface area contributed by atoms with Crippen molar-refractivity contribution in [3.8, 4) is 23.0 Å². The van der Waals surface area contributed by atoms with Crippen LogP contribution in [-0.4, -0.2) is 63.2 Å². The van der Waals surface area contributed by atoms with Gasteiger partial charge in [0.15, 0.2) is 23.0 Å². The SMILES string of the molecule is COc1ccc(/C=N/NC(=O)[C@H](C)S[C@@H](C)C(=O)N/N=C/c2ccc(OC)c(OC)c2)cc1OC. The molecule has 2 aromatic rings. The van der Waals surface area contributed by atoms with Crippen molar-refractivity contribution >= 4 is 36.0 Å². The normalized spacial score (nSPS) is 12.7.